The molecule has 24 heavy (non-hydrogen) atoms. The molecule has 0 aromatic heterocycles. The van der Waals surface area contributed by atoms with Crippen LogP contribution in [0, 0.1) is 17.7 Å². The molecule has 5 heteroatoms. The van der Waals surface area contributed by atoms with Crippen LogP contribution in [-0.2, 0) is 4.74 Å². The quantitative estimate of drug-likeness (QED) is 0.805. The van der Waals surface area contributed by atoms with E-state index in [4.69, 9.17) is 4.74 Å². The van der Waals surface area contributed by atoms with E-state index in [0.717, 1.165) is 12.8 Å². The van der Waals surface area contributed by atoms with E-state index in [0.29, 0.717) is 18.4 Å². The summed E-state index contributed by atoms with van der Waals surface area (Å²) in [6.07, 6.45) is 2.03. The van der Waals surface area contributed by atoms with Crippen molar-refractivity contribution >= 4 is 6.09 Å². The first-order valence-electron chi connectivity index (χ1n) is 8.36. The fourth-order valence-electron chi connectivity index (χ4n) is 3.64. The van der Waals surface area contributed by atoms with Crippen molar-refractivity contribution in [2.45, 2.75) is 63.3 Å². The van der Waals surface area contributed by atoms with Gasteiger partial charge in [0.25, 0.3) is 0 Å². The van der Waals surface area contributed by atoms with Crippen molar-refractivity contribution in [1.82, 2.24) is 4.90 Å². The van der Waals surface area contributed by atoms with Gasteiger partial charge in [0.1, 0.15) is 11.4 Å². The van der Waals surface area contributed by atoms with Crippen molar-refractivity contribution in [2.75, 3.05) is 0 Å². The molecule has 2 atom stereocenters. The van der Waals surface area contributed by atoms with E-state index < -0.39 is 5.60 Å². The predicted octanol–water partition coefficient (Wildman–Crippen LogP) is 3.08. The van der Waals surface area contributed by atoms with Gasteiger partial charge < -0.3 is 14.7 Å². The third-order valence-corrected chi connectivity index (χ3v) is 4.58. The van der Waals surface area contributed by atoms with Gasteiger partial charge in [-0.1, -0.05) is 17.9 Å². The summed E-state index contributed by atoms with van der Waals surface area (Å²) in [5.74, 6) is 5.42. The first-order valence-corrected chi connectivity index (χ1v) is 8.36. The number of rotatable bonds is 1. The van der Waals surface area contributed by atoms with E-state index in [2.05, 4.69) is 11.8 Å². The lowest BCUT2D eigenvalue weighted by molar-refractivity contribution is -0.0161. The summed E-state index contributed by atoms with van der Waals surface area (Å²) in [4.78, 5) is 14.0. The number of aliphatic hydroxyl groups is 1. The SMILES string of the molecule is CC(C)OC(=O)N1C2CCC1CC(O)(C#Cc1cccc(F)c1)C2. The van der Waals surface area contributed by atoms with Crippen LogP contribution in [0.4, 0.5) is 9.18 Å². The molecule has 2 aliphatic rings. The Kier molecular flexibility index (Phi) is 4.51. The van der Waals surface area contributed by atoms with Gasteiger partial charge in [-0.25, -0.2) is 9.18 Å². The number of carbonyl (C=O) groups is 1. The van der Waals surface area contributed by atoms with Crippen molar-refractivity contribution in [3.05, 3.63) is 35.6 Å². The number of piperidine rings is 1. The van der Waals surface area contributed by atoms with Crippen molar-refractivity contribution in [3.63, 3.8) is 0 Å². The van der Waals surface area contributed by atoms with Gasteiger partial charge in [0.05, 0.1) is 6.10 Å². The van der Waals surface area contributed by atoms with Crippen LogP contribution in [0.1, 0.15) is 45.1 Å². The molecule has 3 rings (SSSR count). The van der Waals surface area contributed by atoms with Gasteiger partial charge in [0.15, 0.2) is 0 Å². The van der Waals surface area contributed by atoms with Crippen LogP contribution in [0.25, 0.3) is 0 Å². The lowest BCUT2D eigenvalue weighted by Gasteiger charge is -2.40. The van der Waals surface area contributed by atoms with Crippen LogP contribution in [0.15, 0.2) is 24.3 Å². The number of hydrogen-bond donors (Lipinski definition) is 1. The maximum absolute atomic E-state index is 13.2. The molecule has 2 bridgehead atoms. The molecule has 1 N–H and O–H groups in total. The highest BCUT2D eigenvalue weighted by Gasteiger charge is 2.49. The number of halogens is 1. The number of ether oxygens (including phenoxy) is 1. The molecule has 0 spiro atoms. The Labute approximate surface area is 141 Å². The highest BCUT2D eigenvalue weighted by Crippen LogP contribution is 2.41. The van der Waals surface area contributed by atoms with Gasteiger partial charge in [0, 0.05) is 30.5 Å². The highest BCUT2D eigenvalue weighted by atomic mass is 19.1. The Hall–Kier alpha value is -2.06. The van der Waals surface area contributed by atoms with Gasteiger partial charge >= 0.3 is 6.09 Å². The largest absolute Gasteiger partial charge is 0.447 e. The molecule has 0 saturated carbocycles. The van der Waals surface area contributed by atoms with E-state index in [-0.39, 0.29) is 30.1 Å². The summed E-state index contributed by atoms with van der Waals surface area (Å²) in [6, 6.07) is 5.91. The second kappa shape index (κ2) is 6.45. The topological polar surface area (TPSA) is 49.8 Å². The minimum absolute atomic E-state index is 0.0539. The Morgan fingerprint density at radius 3 is 2.62 bits per heavy atom. The van der Waals surface area contributed by atoms with Crippen LogP contribution in [0.5, 0.6) is 0 Å². The summed E-state index contributed by atoms with van der Waals surface area (Å²) >= 11 is 0. The standard InChI is InChI=1S/C19H22FNO3/c1-13(2)24-18(22)21-16-6-7-17(21)12-19(23,11-16)9-8-14-4-3-5-15(20)10-14/h3-5,10,13,16-17,23H,6-7,11-12H2,1-2H3. The molecule has 0 aliphatic carbocycles. The maximum Gasteiger partial charge on any atom is 0.410 e. The fraction of sp³-hybridized carbons (Fsp3) is 0.526. The third kappa shape index (κ3) is 3.54. The van der Waals surface area contributed by atoms with E-state index >= 15 is 0 Å². The second-order valence-corrected chi connectivity index (χ2v) is 6.92. The summed E-state index contributed by atoms with van der Waals surface area (Å²) in [7, 11) is 0. The van der Waals surface area contributed by atoms with Crippen molar-refractivity contribution in [3.8, 4) is 11.8 Å². The van der Waals surface area contributed by atoms with Gasteiger partial charge in [-0.15, -0.1) is 0 Å². The molecule has 2 fully saturated rings. The summed E-state index contributed by atoms with van der Waals surface area (Å²) < 4.78 is 18.5. The van der Waals surface area contributed by atoms with Gasteiger partial charge in [0.2, 0.25) is 0 Å². The maximum atomic E-state index is 13.2. The molecule has 4 nitrogen and oxygen atoms in total. The van der Waals surface area contributed by atoms with Crippen molar-refractivity contribution < 1.29 is 19.0 Å². The van der Waals surface area contributed by atoms with Crippen LogP contribution < -0.4 is 0 Å². The Morgan fingerprint density at radius 1 is 1.38 bits per heavy atom. The average molecular weight is 331 g/mol. The fourth-order valence-corrected chi connectivity index (χ4v) is 3.64. The molecule has 2 aliphatic heterocycles. The molecule has 1 aromatic carbocycles. The Balaban J connectivity index is 1.74. The van der Waals surface area contributed by atoms with Crippen molar-refractivity contribution in [2.24, 2.45) is 0 Å². The normalized spacial score (nSPS) is 28.5. The van der Waals surface area contributed by atoms with E-state index in [1.54, 1.807) is 17.0 Å². The molecule has 1 aromatic rings. The monoisotopic (exact) mass is 331 g/mol. The highest BCUT2D eigenvalue weighted by molar-refractivity contribution is 5.69. The molecule has 0 radical (unpaired) electrons. The first kappa shape index (κ1) is 16.8. The number of nitrogens with zero attached hydrogens (tertiary/aromatic N) is 1. The molecule has 2 saturated heterocycles. The summed E-state index contributed by atoms with van der Waals surface area (Å²) in [5, 5.41) is 10.8. The van der Waals surface area contributed by atoms with E-state index in [1.807, 2.05) is 13.8 Å². The van der Waals surface area contributed by atoms with Crippen LogP contribution >= 0.6 is 0 Å². The number of fused-ring (bicyclic) bond motifs is 2. The van der Waals surface area contributed by atoms with Crippen LogP contribution in [0.2, 0.25) is 0 Å². The molecular formula is C19H22FNO3. The van der Waals surface area contributed by atoms with Crippen LogP contribution in [-0.4, -0.2) is 39.9 Å². The third-order valence-electron chi connectivity index (χ3n) is 4.58. The molecular weight excluding hydrogens is 309 g/mol. The molecule has 2 unspecified atom stereocenters. The first-order chi connectivity index (χ1) is 11.4. The second-order valence-electron chi connectivity index (χ2n) is 6.92. The van der Waals surface area contributed by atoms with Crippen molar-refractivity contribution in [1.29, 1.82) is 0 Å². The number of carbonyl (C=O) groups excluding carboxylic acids is 1. The average Bonchev–Trinajstić information content (AvgIpc) is 2.78. The van der Waals surface area contributed by atoms with Crippen LogP contribution in [0.3, 0.4) is 0 Å². The van der Waals surface area contributed by atoms with E-state index in [9.17, 15) is 14.3 Å². The lowest BCUT2D eigenvalue weighted by Crippen LogP contribution is -2.53. The Morgan fingerprint density at radius 2 is 2.04 bits per heavy atom. The van der Waals surface area contributed by atoms with Gasteiger partial charge in [-0.2, -0.15) is 0 Å². The summed E-state index contributed by atoms with van der Waals surface area (Å²) in [5.41, 5.74) is -0.607. The number of amides is 1. The van der Waals surface area contributed by atoms with Gasteiger partial charge in [-0.3, -0.25) is 0 Å². The zero-order valence-corrected chi connectivity index (χ0v) is 14.0. The van der Waals surface area contributed by atoms with E-state index in [1.165, 1.54) is 12.1 Å². The molecule has 1 amide bonds. The smallest absolute Gasteiger partial charge is 0.410 e. The Bertz CT molecular complexity index is 677. The van der Waals surface area contributed by atoms with Gasteiger partial charge in [-0.05, 0) is 44.9 Å². The lowest BCUT2D eigenvalue weighted by atomic mass is 9.86. The number of benzene rings is 1. The molecule has 128 valence electrons. The predicted molar refractivity (Wildman–Crippen MR) is 87.7 cm³/mol. The zero-order valence-electron chi connectivity index (χ0n) is 14.0. The number of hydrogen-bond acceptors (Lipinski definition) is 3. The minimum Gasteiger partial charge on any atom is -0.447 e. The summed E-state index contributed by atoms with van der Waals surface area (Å²) in [6.45, 7) is 3.65. The zero-order chi connectivity index (χ0) is 17.3. The minimum atomic E-state index is -1.15. The molecule has 2 heterocycles.